The van der Waals surface area contributed by atoms with Gasteiger partial charge in [0.05, 0.1) is 5.56 Å². The number of carbonyl (C=O) groups excluding carboxylic acids is 1. The van der Waals surface area contributed by atoms with E-state index >= 15 is 0 Å². The van der Waals surface area contributed by atoms with Crippen molar-refractivity contribution >= 4 is 16.8 Å². The van der Waals surface area contributed by atoms with E-state index in [9.17, 15) is 13.6 Å². The number of amides is 1. The molecule has 1 aromatic heterocycles. The molecule has 0 aliphatic carbocycles. The minimum atomic E-state index is -2.87. The Morgan fingerprint density at radius 1 is 1.42 bits per heavy atom. The highest BCUT2D eigenvalue weighted by Gasteiger charge is 2.19. The summed E-state index contributed by atoms with van der Waals surface area (Å²) >= 11 is 0. The molecule has 1 aromatic carbocycles. The van der Waals surface area contributed by atoms with E-state index in [4.69, 9.17) is 5.11 Å². The number of nitrogens with one attached hydrogen (secondary N) is 1. The number of carbonyl (C=O) groups is 1. The maximum Gasteiger partial charge on any atom is 0.265 e. The number of benzene rings is 1. The maximum atomic E-state index is 12.1. The molecule has 0 aliphatic rings. The molecule has 2 N–H and O–H groups in total. The number of nitrogens with zero attached hydrogens (tertiary/aromatic N) is 1. The van der Waals surface area contributed by atoms with E-state index in [2.05, 4.69) is 5.32 Å². The van der Waals surface area contributed by atoms with Gasteiger partial charge in [0.1, 0.15) is 6.10 Å². The largest absolute Gasteiger partial charge is 0.385 e. The van der Waals surface area contributed by atoms with E-state index in [0.29, 0.717) is 5.56 Å². The number of hydrogen-bond donors (Lipinski definition) is 2. The van der Waals surface area contributed by atoms with Crippen LogP contribution in [0, 0.1) is 0 Å². The highest BCUT2D eigenvalue weighted by Crippen LogP contribution is 2.20. The first-order valence-electron chi connectivity index (χ1n) is 5.79. The third kappa shape index (κ3) is 2.73. The molecule has 2 rings (SSSR count). The Hall–Kier alpha value is -1.95. The number of alkyl halides is 2. The SMILES string of the molecule is Cn1cc(C(=O)NCC(O)C(F)F)c2ccccc21. The molecule has 0 bridgehead atoms. The second kappa shape index (κ2) is 5.36. The van der Waals surface area contributed by atoms with Crippen LogP contribution >= 0.6 is 0 Å². The quantitative estimate of drug-likeness (QED) is 0.883. The molecular formula is C13H14F2N2O2. The summed E-state index contributed by atoms with van der Waals surface area (Å²) in [7, 11) is 1.80. The monoisotopic (exact) mass is 268 g/mol. The van der Waals surface area contributed by atoms with Gasteiger partial charge in [0, 0.05) is 30.7 Å². The zero-order valence-corrected chi connectivity index (χ0v) is 10.3. The molecule has 1 unspecified atom stereocenters. The lowest BCUT2D eigenvalue weighted by molar-refractivity contribution is -0.00269. The summed E-state index contributed by atoms with van der Waals surface area (Å²) in [5.74, 6) is -0.475. The van der Waals surface area contributed by atoms with Gasteiger partial charge in [-0.15, -0.1) is 0 Å². The highest BCUT2D eigenvalue weighted by atomic mass is 19.3. The summed E-state index contributed by atoms with van der Waals surface area (Å²) in [4.78, 5) is 11.9. The number of aryl methyl sites for hydroxylation is 1. The molecule has 0 fully saturated rings. The van der Waals surface area contributed by atoms with Gasteiger partial charge < -0.3 is 15.0 Å². The fourth-order valence-electron chi connectivity index (χ4n) is 1.90. The molecule has 1 atom stereocenters. The molecule has 0 aliphatic heterocycles. The van der Waals surface area contributed by atoms with Gasteiger partial charge in [-0.1, -0.05) is 18.2 Å². The van der Waals surface area contributed by atoms with E-state index < -0.39 is 25.0 Å². The average molecular weight is 268 g/mol. The van der Waals surface area contributed by atoms with Crippen molar-refractivity contribution in [3.8, 4) is 0 Å². The van der Waals surface area contributed by atoms with Gasteiger partial charge in [-0.25, -0.2) is 8.78 Å². The Morgan fingerprint density at radius 2 is 2.11 bits per heavy atom. The molecule has 2 aromatic rings. The predicted octanol–water partition coefficient (Wildman–Crippen LogP) is 1.53. The first-order chi connectivity index (χ1) is 9.00. The Morgan fingerprint density at radius 3 is 2.79 bits per heavy atom. The number of hydrogen-bond acceptors (Lipinski definition) is 2. The van der Waals surface area contributed by atoms with Crippen LogP contribution < -0.4 is 5.32 Å². The van der Waals surface area contributed by atoms with E-state index in [-0.39, 0.29) is 0 Å². The minimum Gasteiger partial charge on any atom is -0.385 e. The van der Waals surface area contributed by atoms with Gasteiger partial charge in [-0.2, -0.15) is 0 Å². The number of rotatable bonds is 4. The molecule has 0 radical (unpaired) electrons. The van der Waals surface area contributed by atoms with Gasteiger partial charge in [-0.05, 0) is 6.07 Å². The minimum absolute atomic E-state index is 0.402. The van der Waals surface area contributed by atoms with Crippen molar-refractivity contribution in [2.75, 3.05) is 6.54 Å². The van der Waals surface area contributed by atoms with Crippen molar-refractivity contribution in [1.82, 2.24) is 9.88 Å². The van der Waals surface area contributed by atoms with Crippen molar-refractivity contribution in [3.05, 3.63) is 36.0 Å². The van der Waals surface area contributed by atoms with Crippen LogP contribution in [-0.4, -0.2) is 34.7 Å². The second-order valence-electron chi connectivity index (χ2n) is 4.28. The second-order valence-corrected chi connectivity index (χ2v) is 4.28. The summed E-state index contributed by atoms with van der Waals surface area (Å²) in [5, 5.41) is 12.0. The number of aliphatic hydroxyl groups is 1. The van der Waals surface area contributed by atoms with Crippen LogP contribution in [0.4, 0.5) is 8.78 Å². The Labute approximate surface area is 108 Å². The van der Waals surface area contributed by atoms with Crippen LogP contribution in [0.3, 0.4) is 0 Å². The summed E-state index contributed by atoms with van der Waals surface area (Å²) < 4.78 is 26.1. The Balaban J connectivity index is 2.18. The van der Waals surface area contributed by atoms with Gasteiger partial charge in [-0.3, -0.25) is 4.79 Å². The van der Waals surface area contributed by atoms with Gasteiger partial charge in [0.15, 0.2) is 0 Å². The van der Waals surface area contributed by atoms with Crippen molar-refractivity contribution in [3.63, 3.8) is 0 Å². The highest BCUT2D eigenvalue weighted by molar-refractivity contribution is 6.06. The summed E-state index contributed by atoms with van der Waals surface area (Å²) in [6.07, 6.45) is -3.08. The van der Waals surface area contributed by atoms with E-state index in [1.807, 2.05) is 12.1 Å². The molecule has 19 heavy (non-hydrogen) atoms. The molecule has 4 nitrogen and oxygen atoms in total. The lowest BCUT2D eigenvalue weighted by Crippen LogP contribution is -2.35. The molecule has 1 heterocycles. The number of para-hydroxylation sites is 1. The fraction of sp³-hybridized carbons (Fsp3) is 0.308. The molecule has 0 saturated heterocycles. The third-order valence-corrected chi connectivity index (χ3v) is 2.90. The number of aliphatic hydroxyl groups excluding tert-OH is 1. The van der Waals surface area contributed by atoms with Crippen molar-refractivity contribution in [2.45, 2.75) is 12.5 Å². The van der Waals surface area contributed by atoms with E-state index in [0.717, 1.165) is 10.9 Å². The third-order valence-electron chi connectivity index (χ3n) is 2.90. The fourth-order valence-corrected chi connectivity index (χ4v) is 1.90. The maximum absolute atomic E-state index is 12.1. The summed E-state index contributed by atoms with van der Waals surface area (Å²) in [6.45, 7) is -0.472. The topological polar surface area (TPSA) is 54.3 Å². The molecule has 1 amide bonds. The van der Waals surface area contributed by atoms with E-state index in [1.54, 1.807) is 29.9 Å². The lowest BCUT2D eigenvalue weighted by atomic mass is 10.1. The van der Waals surface area contributed by atoms with Crippen LogP contribution in [-0.2, 0) is 7.05 Å². The molecule has 6 heteroatoms. The van der Waals surface area contributed by atoms with Crippen molar-refractivity contribution in [2.24, 2.45) is 7.05 Å². The first kappa shape index (κ1) is 13.5. The van der Waals surface area contributed by atoms with Gasteiger partial charge in [0.25, 0.3) is 12.3 Å². The average Bonchev–Trinajstić information content (AvgIpc) is 2.73. The predicted molar refractivity (Wildman–Crippen MR) is 67.3 cm³/mol. The van der Waals surface area contributed by atoms with Crippen LogP contribution in [0.25, 0.3) is 10.9 Å². The molecule has 102 valence electrons. The van der Waals surface area contributed by atoms with Crippen LogP contribution in [0.1, 0.15) is 10.4 Å². The molecule has 0 spiro atoms. The van der Waals surface area contributed by atoms with Crippen LogP contribution in [0.5, 0.6) is 0 Å². The number of halogens is 2. The molecule has 0 saturated carbocycles. The standard InChI is InChI=1S/C13H14F2N2O2/c1-17-7-9(8-4-2-3-5-10(8)17)13(19)16-6-11(18)12(14)15/h2-5,7,11-12,18H,6H2,1H3,(H,16,19). The number of fused-ring (bicyclic) bond motifs is 1. The Kier molecular flexibility index (Phi) is 3.80. The smallest absolute Gasteiger partial charge is 0.265 e. The van der Waals surface area contributed by atoms with Crippen molar-refractivity contribution < 1.29 is 18.7 Å². The Bertz CT molecular complexity index is 595. The normalized spacial score (nSPS) is 12.9. The summed E-state index contributed by atoms with van der Waals surface area (Å²) in [5.41, 5.74) is 1.28. The molecular weight excluding hydrogens is 254 g/mol. The zero-order valence-electron chi connectivity index (χ0n) is 10.3. The van der Waals surface area contributed by atoms with Gasteiger partial charge >= 0.3 is 0 Å². The van der Waals surface area contributed by atoms with E-state index in [1.165, 1.54) is 0 Å². The lowest BCUT2D eigenvalue weighted by Gasteiger charge is -2.10. The van der Waals surface area contributed by atoms with Gasteiger partial charge in [0.2, 0.25) is 0 Å². The van der Waals surface area contributed by atoms with Crippen LogP contribution in [0.2, 0.25) is 0 Å². The first-order valence-corrected chi connectivity index (χ1v) is 5.79. The zero-order chi connectivity index (χ0) is 14.0. The summed E-state index contributed by atoms with van der Waals surface area (Å²) in [6, 6.07) is 7.30. The number of aromatic nitrogens is 1. The van der Waals surface area contributed by atoms with Crippen LogP contribution in [0.15, 0.2) is 30.5 Å². The van der Waals surface area contributed by atoms with Crippen molar-refractivity contribution in [1.29, 1.82) is 0 Å².